The number of nitrogens with one attached hydrogen (secondary N) is 5. The Labute approximate surface area is 528 Å². The van der Waals surface area contributed by atoms with Crippen LogP contribution in [0, 0.1) is 22.7 Å². The Balaban J connectivity index is 1.12. The van der Waals surface area contributed by atoms with Crippen LogP contribution in [-0.2, 0) is 68.9 Å². The van der Waals surface area contributed by atoms with E-state index in [1.165, 1.54) is 24.9 Å². The number of hydrogen-bond donors (Lipinski definition) is 5. The third-order valence-electron chi connectivity index (χ3n) is 18.1. The maximum Gasteiger partial charge on any atom is 0.410 e. The standard InChI is InChI=1S/C67H88F6N8O10/c1-14-37(2)54(83)78-53(63(7,8)9)58(87)80-35-42-31-43(30-29-41(42)32-50(80)55(84)76-48-27-19-23-39-21-15-17-25-45(39)48)74-59(88)65(68,69)67(72,73)66(70,71)60(89)75-44-33-51(56(85)77-49-28-20-24-40-22-16-18-26-46(40)49)81(36-44)57(86)47(62(4,5)6)34-52(82)38(3)79(13)61(90)91-64(10,11)12/h15-18,21-22,25-26,29-31,37-38,44,47-51,53H,14,19-20,23-24,27-28,32-36H2,1-13H3,(H,74,88)(H,75,89)(H,76,84)(H,77,85)(H,78,83)/t37-,38+,44+,47-,48?,49?,50+,51+,53-/m1/s1. The number of likely N-dealkylation sites (tertiary alicyclic amines) is 1. The lowest BCUT2D eigenvalue weighted by Gasteiger charge is -2.42. The van der Waals surface area contributed by atoms with Crippen molar-refractivity contribution in [3.05, 3.63) is 100 Å². The lowest BCUT2D eigenvalue weighted by atomic mass is 9.76. The second-order valence-electron chi connectivity index (χ2n) is 28.0. The summed E-state index contributed by atoms with van der Waals surface area (Å²) in [6.45, 7) is 18.6. The lowest BCUT2D eigenvalue weighted by Crippen LogP contribution is -2.65. The molecule has 2 unspecified atom stereocenters. The van der Waals surface area contributed by atoms with E-state index in [0.717, 1.165) is 57.0 Å². The number of benzene rings is 3. The minimum Gasteiger partial charge on any atom is -0.444 e. The zero-order chi connectivity index (χ0) is 67.7. The zero-order valence-corrected chi connectivity index (χ0v) is 54.2. The fourth-order valence-corrected chi connectivity index (χ4v) is 12.2. The fourth-order valence-electron chi connectivity index (χ4n) is 12.2. The molecule has 0 radical (unpaired) electrons. The fraction of sp³-hybridized carbons (Fsp3) is 0.597. The van der Waals surface area contributed by atoms with Crippen LogP contribution in [0.2, 0.25) is 0 Å². The molecule has 1 fully saturated rings. The molecule has 91 heavy (non-hydrogen) atoms. The third-order valence-corrected chi connectivity index (χ3v) is 18.1. The molecule has 9 atom stereocenters. The van der Waals surface area contributed by atoms with Gasteiger partial charge in [-0.05, 0) is 135 Å². The van der Waals surface area contributed by atoms with Gasteiger partial charge in [-0.3, -0.25) is 38.4 Å². The highest BCUT2D eigenvalue weighted by molar-refractivity contribution is 5.99. The molecule has 24 heteroatoms. The molecule has 1 saturated heterocycles. The van der Waals surface area contributed by atoms with Crippen LogP contribution in [-0.4, -0.2) is 135 Å². The zero-order valence-electron chi connectivity index (χ0n) is 54.2. The Bertz CT molecular complexity index is 3270. The molecule has 18 nitrogen and oxygen atoms in total. The number of fused-ring (bicyclic) bond motifs is 3. The molecule has 0 aromatic heterocycles. The van der Waals surface area contributed by atoms with E-state index in [1.54, 1.807) is 98.9 Å². The summed E-state index contributed by atoms with van der Waals surface area (Å²) in [6.07, 6.45) is 2.21. The molecule has 498 valence electrons. The number of Topliss-reactive ketones (excluding diaryl/α,β-unsaturated/α-hetero) is 1. The normalized spacial score (nSPS) is 20.8. The van der Waals surface area contributed by atoms with Crippen LogP contribution in [0.5, 0.6) is 0 Å². The molecule has 2 aliphatic heterocycles. The van der Waals surface area contributed by atoms with Gasteiger partial charge in [-0.1, -0.05) is 110 Å². The molecule has 3 aromatic carbocycles. The molecule has 8 amide bonds. The molecule has 0 spiro atoms. The number of ether oxygens (including phenoxy) is 1. The number of likely N-dealkylation sites (N-methyl/N-ethyl adjacent to an activating group) is 1. The van der Waals surface area contributed by atoms with Gasteiger partial charge in [0.2, 0.25) is 29.5 Å². The predicted molar refractivity (Wildman–Crippen MR) is 327 cm³/mol. The van der Waals surface area contributed by atoms with Gasteiger partial charge in [-0.25, -0.2) is 4.79 Å². The summed E-state index contributed by atoms with van der Waals surface area (Å²) in [5, 5.41) is 12.1. The van der Waals surface area contributed by atoms with E-state index in [9.17, 15) is 43.2 Å². The number of carbonyl (C=O) groups excluding carboxylic acids is 9. The molecular formula is C67H88F6N8O10. The Morgan fingerprint density at radius 2 is 1.19 bits per heavy atom. The number of aryl methyl sites for hydroxylation is 2. The summed E-state index contributed by atoms with van der Waals surface area (Å²) in [5.41, 5.74) is 0.663. The molecule has 0 bridgehead atoms. The van der Waals surface area contributed by atoms with E-state index in [2.05, 4.69) is 16.0 Å². The van der Waals surface area contributed by atoms with Crippen molar-refractivity contribution in [1.29, 1.82) is 0 Å². The summed E-state index contributed by atoms with van der Waals surface area (Å²) in [6, 6.07) is 10.4. The van der Waals surface area contributed by atoms with E-state index in [1.807, 2.05) is 36.4 Å². The average molecular weight is 1280 g/mol. The van der Waals surface area contributed by atoms with Crippen LogP contribution in [0.25, 0.3) is 0 Å². The number of anilines is 1. The van der Waals surface area contributed by atoms with Crippen molar-refractivity contribution in [2.45, 2.75) is 219 Å². The highest BCUT2D eigenvalue weighted by Gasteiger charge is 2.78. The van der Waals surface area contributed by atoms with E-state index in [-0.39, 0.29) is 12.0 Å². The molecule has 0 saturated carbocycles. The first kappa shape index (κ1) is 70.9. The Morgan fingerprint density at radius 3 is 1.71 bits per heavy atom. The van der Waals surface area contributed by atoms with Crippen molar-refractivity contribution in [2.75, 3.05) is 18.9 Å². The smallest absolute Gasteiger partial charge is 0.410 e. The van der Waals surface area contributed by atoms with Crippen LogP contribution in [0.3, 0.4) is 0 Å². The third kappa shape index (κ3) is 15.7. The Morgan fingerprint density at radius 1 is 0.648 bits per heavy atom. The van der Waals surface area contributed by atoms with Crippen molar-refractivity contribution in [3.8, 4) is 0 Å². The van der Waals surface area contributed by atoms with Crippen molar-refractivity contribution < 1.29 is 74.2 Å². The molecule has 2 heterocycles. The van der Waals surface area contributed by atoms with E-state index < -0.39 is 173 Å². The van der Waals surface area contributed by atoms with Crippen molar-refractivity contribution >= 4 is 58.9 Å². The number of nitrogens with zero attached hydrogens (tertiary/aromatic N) is 3. The Kier molecular flexibility index (Phi) is 21.3. The first-order chi connectivity index (χ1) is 42.2. The number of alkyl halides is 6. The second-order valence-corrected chi connectivity index (χ2v) is 28.0. The topological polar surface area (TPSA) is 233 Å². The minimum absolute atomic E-state index is 0.152. The van der Waals surface area contributed by atoms with Gasteiger partial charge in [0, 0.05) is 56.5 Å². The van der Waals surface area contributed by atoms with Crippen LogP contribution in [0.1, 0.15) is 173 Å². The molecular weight excluding hydrogens is 1190 g/mol. The summed E-state index contributed by atoms with van der Waals surface area (Å²) in [7, 11) is 1.33. The number of ketones is 1. The summed E-state index contributed by atoms with van der Waals surface area (Å²) in [4.78, 5) is 129. The molecule has 2 aliphatic carbocycles. The van der Waals surface area contributed by atoms with Gasteiger partial charge in [-0.2, -0.15) is 26.3 Å². The number of hydrogen-bond acceptors (Lipinski definition) is 10. The Hall–Kier alpha value is -7.53. The quantitative estimate of drug-likeness (QED) is 0.0713. The number of carbonyl (C=O) groups is 9. The van der Waals surface area contributed by atoms with E-state index >= 15 is 26.3 Å². The van der Waals surface area contributed by atoms with Gasteiger partial charge in [-0.15, -0.1) is 0 Å². The van der Waals surface area contributed by atoms with Crippen LogP contribution in [0.15, 0.2) is 66.7 Å². The van der Waals surface area contributed by atoms with Gasteiger partial charge < -0.3 is 46.0 Å². The SMILES string of the molecule is CC[C@@H](C)C(=O)N[C@H](C(=O)N1Cc2cc(NC(=O)C(F)(F)C(F)(F)C(F)(F)C(=O)N[C@H]3C[C@@H](C(=O)NC4CCCc5ccccc54)N(C(=O)[C@@H](CC(=O)[C@H](C)N(C)C(=O)OC(C)(C)C)C(C)(C)C)C3)ccc2C[C@H]1C(=O)NC1CCCc2ccccc21)C(C)(C)C. The van der Waals surface area contributed by atoms with Crippen LogP contribution >= 0.6 is 0 Å². The summed E-state index contributed by atoms with van der Waals surface area (Å²) >= 11 is 0. The molecule has 3 aromatic rings. The van der Waals surface area contributed by atoms with E-state index in [0.29, 0.717) is 37.7 Å². The molecule has 4 aliphatic rings. The molecule has 7 rings (SSSR count). The summed E-state index contributed by atoms with van der Waals surface area (Å²) in [5.74, 6) is -31.0. The second kappa shape index (κ2) is 27.4. The largest absolute Gasteiger partial charge is 0.444 e. The number of amides is 8. The first-order valence-corrected chi connectivity index (χ1v) is 31.2. The lowest BCUT2D eigenvalue weighted by molar-refractivity contribution is -0.285. The van der Waals surface area contributed by atoms with E-state index in [4.69, 9.17) is 4.74 Å². The average Bonchev–Trinajstić information content (AvgIpc) is 1.22. The monoisotopic (exact) mass is 1280 g/mol. The van der Waals surface area contributed by atoms with Gasteiger partial charge in [0.1, 0.15) is 23.7 Å². The highest BCUT2D eigenvalue weighted by atomic mass is 19.3. The molecule has 5 N–H and O–H groups in total. The maximum absolute atomic E-state index is 16.1. The van der Waals surface area contributed by atoms with Crippen molar-refractivity contribution in [3.63, 3.8) is 0 Å². The van der Waals surface area contributed by atoms with Gasteiger partial charge in [0.05, 0.1) is 18.1 Å². The summed E-state index contributed by atoms with van der Waals surface area (Å²) < 4.78 is 102. The predicted octanol–water partition coefficient (Wildman–Crippen LogP) is 9.71. The minimum atomic E-state index is -6.74. The van der Waals surface area contributed by atoms with Crippen LogP contribution in [0.4, 0.5) is 36.8 Å². The van der Waals surface area contributed by atoms with Gasteiger partial charge >= 0.3 is 29.8 Å². The highest BCUT2D eigenvalue weighted by Crippen LogP contribution is 2.47. The van der Waals surface area contributed by atoms with Gasteiger partial charge in [0.25, 0.3) is 5.91 Å². The maximum atomic E-state index is 16.1. The first-order valence-electron chi connectivity index (χ1n) is 31.2. The number of rotatable bonds is 19. The van der Waals surface area contributed by atoms with Gasteiger partial charge in [0.15, 0.2) is 5.78 Å². The number of halogens is 6. The van der Waals surface area contributed by atoms with Crippen molar-refractivity contribution in [1.82, 2.24) is 36.0 Å². The van der Waals surface area contributed by atoms with Crippen LogP contribution < -0.4 is 26.6 Å². The van der Waals surface area contributed by atoms with Crippen molar-refractivity contribution in [2.24, 2.45) is 22.7 Å².